The maximum Gasteiger partial charge on any atom is 0.160 e. The fourth-order valence-electron chi connectivity index (χ4n) is 2.76. The van der Waals surface area contributed by atoms with Gasteiger partial charge < -0.3 is 24.8 Å². The molecule has 3 N–H and O–H groups in total. The van der Waals surface area contributed by atoms with Crippen LogP contribution in [0.5, 0.6) is 23.0 Å². The first-order chi connectivity index (χ1) is 10.5. The maximum absolute atomic E-state index is 10.4. The van der Waals surface area contributed by atoms with Gasteiger partial charge in [0, 0.05) is 12.0 Å². The van der Waals surface area contributed by atoms with Crippen LogP contribution in [0.4, 0.5) is 0 Å². The van der Waals surface area contributed by atoms with Crippen LogP contribution in [0.2, 0.25) is 0 Å². The second kappa shape index (κ2) is 5.42. The first-order valence-corrected chi connectivity index (χ1v) is 7.04. The number of phenols is 2. The number of rotatable bonds is 2. The Morgan fingerprint density at radius 1 is 1.14 bits per heavy atom. The minimum atomic E-state index is -0.717. The molecule has 22 heavy (non-hydrogen) atoms. The number of ether oxygens (including phenoxy) is 2. The van der Waals surface area contributed by atoms with E-state index in [2.05, 4.69) is 0 Å². The van der Waals surface area contributed by atoms with E-state index in [0.717, 1.165) is 5.56 Å². The molecule has 1 aliphatic rings. The summed E-state index contributed by atoms with van der Waals surface area (Å²) in [5.41, 5.74) is 2.22. The van der Waals surface area contributed by atoms with Crippen molar-refractivity contribution < 1.29 is 24.8 Å². The predicted molar refractivity (Wildman–Crippen MR) is 80.6 cm³/mol. The number of aliphatic hydroxyl groups excluding tert-OH is 1. The third kappa shape index (κ3) is 2.33. The molecule has 0 saturated heterocycles. The van der Waals surface area contributed by atoms with E-state index in [1.807, 2.05) is 0 Å². The van der Waals surface area contributed by atoms with E-state index < -0.39 is 12.2 Å². The van der Waals surface area contributed by atoms with Crippen molar-refractivity contribution >= 4 is 0 Å². The molecule has 5 nitrogen and oxygen atoms in total. The lowest BCUT2D eigenvalue weighted by Crippen LogP contribution is -2.30. The van der Waals surface area contributed by atoms with E-state index in [1.54, 1.807) is 31.2 Å². The van der Waals surface area contributed by atoms with Gasteiger partial charge in [-0.25, -0.2) is 0 Å². The van der Waals surface area contributed by atoms with E-state index in [4.69, 9.17) is 9.47 Å². The molecule has 0 saturated carbocycles. The molecule has 2 aromatic carbocycles. The number of fused-ring (bicyclic) bond motifs is 1. The second-order valence-electron chi connectivity index (χ2n) is 5.44. The van der Waals surface area contributed by atoms with Crippen LogP contribution in [-0.2, 0) is 6.42 Å². The van der Waals surface area contributed by atoms with Crippen LogP contribution in [0.1, 0.15) is 22.8 Å². The third-order valence-corrected chi connectivity index (χ3v) is 4.01. The van der Waals surface area contributed by atoms with Crippen LogP contribution >= 0.6 is 0 Å². The van der Waals surface area contributed by atoms with Crippen molar-refractivity contribution in [3.8, 4) is 23.0 Å². The Bertz CT molecular complexity index is 710. The van der Waals surface area contributed by atoms with Gasteiger partial charge in [0.1, 0.15) is 17.6 Å². The van der Waals surface area contributed by atoms with Crippen molar-refractivity contribution in [1.82, 2.24) is 0 Å². The largest absolute Gasteiger partial charge is 0.508 e. The van der Waals surface area contributed by atoms with Gasteiger partial charge in [-0.15, -0.1) is 0 Å². The molecule has 0 aliphatic carbocycles. The summed E-state index contributed by atoms with van der Waals surface area (Å²) in [7, 11) is 1.47. The zero-order valence-electron chi connectivity index (χ0n) is 12.4. The molecule has 1 aliphatic heterocycles. The SMILES string of the molecule is COc1cc(C2Oc3c(ccc(O)c3C)CC2O)ccc1O. The highest BCUT2D eigenvalue weighted by Gasteiger charge is 2.31. The smallest absolute Gasteiger partial charge is 0.160 e. The summed E-state index contributed by atoms with van der Waals surface area (Å²) < 4.78 is 11.0. The Kier molecular flexibility index (Phi) is 3.58. The first-order valence-electron chi connectivity index (χ1n) is 7.04. The molecule has 5 heteroatoms. The summed E-state index contributed by atoms with van der Waals surface area (Å²) in [5.74, 6) is 1.12. The monoisotopic (exact) mass is 302 g/mol. The second-order valence-corrected chi connectivity index (χ2v) is 5.44. The highest BCUT2D eigenvalue weighted by Crippen LogP contribution is 2.41. The van der Waals surface area contributed by atoms with Gasteiger partial charge >= 0.3 is 0 Å². The van der Waals surface area contributed by atoms with Crippen LogP contribution in [0.3, 0.4) is 0 Å². The van der Waals surface area contributed by atoms with Gasteiger partial charge in [0.15, 0.2) is 11.5 Å². The summed E-state index contributed by atoms with van der Waals surface area (Å²) in [6, 6.07) is 8.21. The standard InChI is InChI=1S/C17H18O5/c1-9-12(18)5-3-10-7-14(20)17(22-16(9)10)11-4-6-13(19)15(8-11)21-2/h3-6,8,14,17-20H,7H2,1-2H3. The molecule has 0 radical (unpaired) electrons. The minimum absolute atomic E-state index is 0.0331. The summed E-state index contributed by atoms with van der Waals surface area (Å²) in [5, 5.41) is 29.9. The van der Waals surface area contributed by atoms with Gasteiger partial charge in [0.2, 0.25) is 0 Å². The Balaban J connectivity index is 2.00. The topological polar surface area (TPSA) is 79.2 Å². The summed E-state index contributed by atoms with van der Waals surface area (Å²) in [4.78, 5) is 0. The molecule has 0 bridgehead atoms. The molecule has 0 spiro atoms. The van der Waals surface area contributed by atoms with Gasteiger partial charge in [0.25, 0.3) is 0 Å². The van der Waals surface area contributed by atoms with Crippen LogP contribution in [0, 0.1) is 6.92 Å². The average Bonchev–Trinajstić information content (AvgIpc) is 2.51. The molecule has 0 aromatic heterocycles. The summed E-state index contributed by atoms with van der Waals surface area (Å²) in [6.45, 7) is 1.78. The van der Waals surface area contributed by atoms with E-state index in [-0.39, 0.29) is 11.5 Å². The maximum atomic E-state index is 10.4. The molecular formula is C17H18O5. The van der Waals surface area contributed by atoms with Crippen LogP contribution in [-0.4, -0.2) is 28.5 Å². The number of hydrogen-bond acceptors (Lipinski definition) is 5. The number of phenolic OH excluding ortho intramolecular Hbond substituents is 2. The molecule has 3 rings (SSSR count). The first kappa shape index (κ1) is 14.5. The van der Waals surface area contributed by atoms with Crippen LogP contribution < -0.4 is 9.47 Å². The Morgan fingerprint density at radius 2 is 1.86 bits per heavy atom. The predicted octanol–water partition coefficient (Wildman–Crippen LogP) is 2.45. The Hall–Kier alpha value is -2.40. The molecule has 1 heterocycles. The van der Waals surface area contributed by atoms with Crippen LogP contribution in [0.15, 0.2) is 30.3 Å². The summed E-state index contributed by atoms with van der Waals surface area (Å²) >= 11 is 0. The van der Waals surface area contributed by atoms with E-state index in [9.17, 15) is 15.3 Å². The number of aromatic hydroxyl groups is 2. The van der Waals surface area contributed by atoms with Crippen molar-refractivity contribution in [2.24, 2.45) is 0 Å². The van der Waals surface area contributed by atoms with Gasteiger partial charge in [-0.3, -0.25) is 0 Å². The van der Waals surface area contributed by atoms with Gasteiger partial charge in [-0.2, -0.15) is 0 Å². The van der Waals surface area contributed by atoms with Crippen molar-refractivity contribution in [1.29, 1.82) is 0 Å². The normalized spacial score (nSPS) is 20.1. The van der Waals surface area contributed by atoms with E-state index >= 15 is 0 Å². The minimum Gasteiger partial charge on any atom is -0.508 e. The molecule has 116 valence electrons. The quantitative estimate of drug-likeness (QED) is 0.794. The number of methoxy groups -OCH3 is 1. The lowest BCUT2D eigenvalue weighted by atomic mass is 9.93. The van der Waals surface area contributed by atoms with Crippen molar-refractivity contribution in [3.05, 3.63) is 47.0 Å². The number of hydrogen-bond donors (Lipinski definition) is 3. The van der Waals surface area contributed by atoms with Gasteiger partial charge in [-0.05, 0) is 36.2 Å². The lowest BCUT2D eigenvalue weighted by Gasteiger charge is -2.32. The highest BCUT2D eigenvalue weighted by molar-refractivity contribution is 5.51. The van der Waals surface area contributed by atoms with Crippen LogP contribution in [0.25, 0.3) is 0 Å². The zero-order chi connectivity index (χ0) is 15.9. The molecule has 2 unspecified atom stereocenters. The zero-order valence-corrected chi connectivity index (χ0v) is 12.4. The highest BCUT2D eigenvalue weighted by atomic mass is 16.5. The average molecular weight is 302 g/mol. The lowest BCUT2D eigenvalue weighted by molar-refractivity contribution is 0.0200. The van der Waals surface area contributed by atoms with E-state index in [1.165, 1.54) is 13.2 Å². The Labute approximate surface area is 128 Å². The van der Waals surface area contributed by atoms with Crippen molar-refractivity contribution in [3.63, 3.8) is 0 Å². The molecular weight excluding hydrogens is 284 g/mol. The Morgan fingerprint density at radius 3 is 2.59 bits per heavy atom. The van der Waals surface area contributed by atoms with Gasteiger partial charge in [0.05, 0.1) is 13.2 Å². The van der Waals surface area contributed by atoms with Crippen molar-refractivity contribution in [2.45, 2.75) is 25.6 Å². The molecule has 2 atom stereocenters. The fourth-order valence-corrected chi connectivity index (χ4v) is 2.76. The summed E-state index contributed by atoms with van der Waals surface area (Å²) in [6.07, 6.45) is -0.863. The number of benzene rings is 2. The third-order valence-electron chi connectivity index (χ3n) is 4.01. The van der Waals surface area contributed by atoms with Gasteiger partial charge in [-0.1, -0.05) is 12.1 Å². The van der Waals surface area contributed by atoms with E-state index in [0.29, 0.717) is 29.0 Å². The fraction of sp³-hybridized carbons (Fsp3) is 0.294. The molecule has 2 aromatic rings. The molecule has 0 fully saturated rings. The molecule has 0 amide bonds. The van der Waals surface area contributed by atoms with Crippen molar-refractivity contribution in [2.75, 3.05) is 7.11 Å². The number of aliphatic hydroxyl groups is 1.